The molecule has 2 heterocycles. The number of hydrogen-bond acceptors (Lipinski definition) is 5. The minimum absolute atomic E-state index is 0.196. The fourth-order valence-corrected chi connectivity index (χ4v) is 3.51. The number of ether oxygens (including phenoxy) is 2. The average Bonchev–Trinajstić information content (AvgIpc) is 3.19. The van der Waals surface area contributed by atoms with Gasteiger partial charge in [-0.15, -0.1) is 0 Å². The maximum absolute atomic E-state index is 13.8. The fourth-order valence-electron chi connectivity index (χ4n) is 3.51. The van der Waals surface area contributed by atoms with E-state index in [2.05, 4.69) is 25.5 Å². The van der Waals surface area contributed by atoms with E-state index in [1.165, 1.54) is 6.07 Å². The Morgan fingerprint density at radius 3 is 2.70 bits per heavy atom. The lowest BCUT2D eigenvalue weighted by atomic mass is 10.2. The summed E-state index contributed by atoms with van der Waals surface area (Å²) in [5.74, 6) is 1.93. The van der Waals surface area contributed by atoms with Gasteiger partial charge in [-0.3, -0.25) is 9.88 Å². The van der Waals surface area contributed by atoms with Crippen molar-refractivity contribution in [2.75, 3.05) is 33.9 Å². The maximum atomic E-state index is 13.8. The Bertz CT molecular complexity index is 839. The molecule has 1 aliphatic rings. The van der Waals surface area contributed by atoms with Crippen LogP contribution >= 0.6 is 0 Å². The average molecular weight is 416 g/mol. The molecule has 8 heteroatoms. The molecule has 7 nitrogen and oxygen atoms in total. The predicted molar refractivity (Wildman–Crippen MR) is 115 cm³/mol. The first-order valence-corrected chi connectivity index (χ1v) is 10.2. The van der Waals surface area contributed by atoms with Gasteiger partial charge in [0.1, 0.15) is 17.3 Å². The van der Waals surface area contributed by atoms with Gasteiger partial charge in [-0.1, -0.05) is 0 Å². The van der Waals surface area contributed by atoms with Crippen LogP contribution in [0.5, 0.6) is 11.5 Å². The van der Waals surface area contributed by atoms with Crippen molar-refractivity contribution in [2.24, 2.45) is 4.99 Å². The highest BCUT2D eigenvalue weighted by atomic mass is 19.1. The second-order valence-electron chi connectivity index (χ2n) is 7.21. The van der Waals surface area contributed by atoms with Crippen molar-refractivity contribution in [2.45, 2.75) is 32.5 Å². The number of guanidine groups is 1. The molecule has 0 bridgehead atoms. The third-order valence-electron chi connectivity index (χ3n) is 5.00. The summed E-state index contributed by atoms with van der Waals surface area (Å²) >= 11 is 0. The van der Waals surface area contributed by atoms with E-state index in [4.69, 9.17) is 9.47 Å². The van der Waals surface area contributed by atoms with Crippen molar-refractivity contribution in [3.05, 3.63) is 53.6 Å². The highest BCUT2D eigenvalue weighted by Crippen LogP contribution is 2.24. The predicted octanol–water partition coefficient (Wildman–Crippen LogP) is 2.57. The lowest BCUT2D eigenvalue weighted by molar-refractivity contribution is 0.321. The van der Waals surface area contributed by atoms with E-state index >= 15 is 0 Å². The lowest BCUT2D eigenvalue weighted by Crippen LogP contribution is -2.44. The molecule has 0 amide bonds. The number of pyridine rings is 1. The molecule has 0 radical (unpaired) electrons. The van der Waals surface area contributed by atoms with Gasteiger partial charge in [-0.2, -0.15) is 0 Å². The first-order chi connectivity index (χ1) is 14.6. The van der Waals surface area contributed by atoms with Crippen molar-refractivity contribution in [3.8, 4) is 11.5 Å². The molecule has 3 rings (SSSR count). The molecule has 162 valence electrons. The number of aliphatic imine (C=N–C) groups is 1. The third kappa shape index (κ3) is 6.06. The van der Waals surface area contributed by atoms with Crippen LogP contribution in [0, 0.1) is 5.82 Å². The van der Waals surface area contributed by atoms with E-state index in [1.54, 1.807) is 26.5 Å². The molecule has 0 spiro atoms. The Morgan fingerprint density at radius 2 is 2.03 bits per heavy atom. The van der Waals surface area contributed by atoms with Crippen LogP contribution in [0.3, 0.4) is 0 Å². The van der Waals surface area contributed by atoms with Crippen molar-refractivity contribution < 1.29 is 13.9 Å². The molecule has 1 aromatic heterocycles. The van der Waals surface area contributed by atoms with Crippen LogP contribution in [-0.4, -0.2) is 55.7 Å². The maximum Gasteiger partial charge on any atom is 0.191 e. The number of likely N-dealkylation sites (tertiary alicyclic amines) is 1. The lowest BCUT2D eigenvalue weighted by Gasteiger charge is -2.19. The molecular formula is C22H30FN5O2. The van der Waals surface area contributed by atoms with E-state index in [0.717, 1.165) is 49.7 Å². The molecule has 1 aliphatic heterocycles. The summed E-state index contributed by atoms with van der Waals surface area (Å²) in [7, 11) is 3.32. The van der Waals surface area contributed by atoms with Crippen LogP contribution in [0.2, 0.25) is 0 Å². The van der Waals surface area contributed by atoms with Gasteiger partial charge in [-0.25, -0.2) is 9.38 Å². The van der Waals surface area contributed by atoms with E-state index in [1.807, 2.05) is 25.1 Å². The fraction of sp³-hybridized carbons (Fsp3) is 0.455. The van der Waals surface area contributed by atoms with Crippen LogP contribution in [0.4, 0.5) is 4.39 Å². The summed E-state index contributed by atoms with van der Waals surface area (Å²) in [4.78, 5) is 10.9. The molecule has 0 aliphatic carbocycles. The second-order valence-corrected chi connectivity index (χ2v) is 7.21. The quantitative estimate of drug-likeness (QED) is 0.510. The van der Waals surface area contributed by atoms with Crippen LogP contribution in [-0.2, 0) is 13.1 Å². The van der Waals surface area contributed by atoms with Crippen LogP contribution in [0.25, 0.3) is 0 Å². The molecule has 1 aromatic carbocycles. The number of halogens is 1. The van der Waals surface area contributed by atoms with E-state index in [9.17, 15) is 4.39 Å². The normalized spacial score (nSPS) is 17.1. The Hall–Kier alpha value is -2.87. The largest absolute Gasteiger partial charge is 0.497 e. The highest BCUT2D eigenvalue weighted by Gasteiger charge is 2.23. The monoisotopic (exact) mass is 415 g/mol. The van der Waals surface area contributed by atoms with Crippen molar-refractivity contribution in [1.29, 1.82) is 0 Å². The van der Waals surface area contributed by atoms with Gasteiger partial charge in [0, 0.05) is 44.5 Å². The van der Waals surface area contributed by atoms with Crippen LogP contribution < -0.4 is 20.1 Å². The van der Waals surface area contributed by atoms with Crippen LogP contribution in [0.15, 0.2) is 41.5 Å². The summed E-state index contributed by atoms with van der Waals surface area (Å²) in [6, 6.07) is 9.20. The zero-order valence-electron chi connectivity index (χ0n) is 17.8. The zero-order chi connectivity index (χ0) is 21.3. The van der Waals surface area contributed by atoms with Crippen molar-refractivity contribution in [3.63, 3.8) is 0 Å². The molecule has 1 atom stereocenters. The first-order valence-electron chi connectivity index (χ1n) is 10.2. The van der Waals surface area contributed by atoms with Crippen LogP contribution in [0.1, 0.15) is 24.6 Å². The Kier molecular flexibility index (Phi) is 7.84. The molecule has 0 saturated carbocycles. The van der Waals surface area contributed by atoms with Gasteiger partial charge in [0.2, 0.25) is 0 Å². The standard InChI is InChI=1S/C22H30FN5O2/c1-4-24-22(26-13-21-20(23)6-5-8-25-21)27-17-7-9-28(15-17)14-16-10-18(29-2)12-19(11-16)30-3/h5-6,8,10-12,17H,4,7,9,13-15H2,1-3H3,(H2,24,26,27). The summed E-state index contributed by atoms with van der Waals surface area (Å²) in [5, 5.41) is 6.70. The Morgan fingerprint density at radius 1 is 1.27 bits per heavy atom. The minimum Gasteiger partial charge on any atom is -0.497 e. The van der Waals surface area contributed by atoms with Gasteiger partial charge in [0.25, 0.3) is 0 Å². The molecule has 2 N–H and O–H groups in total. The zero-order valence-corrected chi connectivity index (χ0v) is 17.8. The number of hydrogen-bond donors (Lipinski definition) is 2. The number of nitrogens with zero attached hydrogens (tertiary/aromatic N) is 3. The molecular weight excluding hydrogens is 385 g/mol. The number of aromatic nitrogens is 1. The van der Waals surface area contributed by atoms with E-state index in [-0.39, 0.29) is 18.4 Å². The molecule has 30 heavy (non-hydrogen) atoms. The number of rotatable bonds is 8. The van der Waals surface area contributed by atoms with Crippen molar-refractivity contribution in [1.82, 2.24) is 20.5 Å². The summed E-state index contributed by atoms with van der Waals surface area (Å²) in [6.45, 7) is 5.63. The van der Waals surface area contributed by atoms with Gasteiger partial charge in [0.15, 0.2) is 5.96 Å². The smallest absolute Gasteiger partial charge is 0.191 e. The molecule has 2 aromatic rings. The third-order valence-corrected chi connectivity index (χ3v) is 5.00. The molecule has 1 saturated heterocycles. The molecule has 1 fully saturated rings. The summed E-state index contributed by atoms with van der Waals surface area (Å²) < 4.78 is 24.5. The number of methoxy groups -OCH3 is 2. The van der Waals surface area contributed by atoms with Gasteiger partial charge in [0.05, 0.1) is 26.5 Å². The number of benzene rings is 1. The van der Waals surface area contributed by atoms with Gasteiger partial charge in [-0.05, 0) is 43.2 Å². The Balaban J connectivity index is 1.58. The minimum atomic E-state index is -0.335. The van der Waals surface area contributed by atoms with Gasteiger partial charge >= 0.3 is 0 Å². The van der Waals surface area contributed by atoms with E-state index < -0.39 is 0 Å². The molecule has 1 unspecified atom stereocenters. The first kappa shape index (κ1) is 21.8. The SMILES string of the molecule is CCNC(=NCc1ncccc1F)NC1CCN(Cc2cc(OC)cc(OC)c2)C1. The van der Waals surface area contributed by atoms with Crippen molar-refractivity contribution >= 4 is 5.96 Å². The number of nitrogens with one attached hydrogen (secondary N) is 2. The highest BCUT2D eigenvalue weighted by molar-refractivity contribution is 5.80. The summed E-state index contributed by atoms with van der Waals surface area (Å²) in [5.41, 5.74) is 1.49. The van der Waals surface area contributed by atoms with Gasteiger partial charge < -0.3 is 20.1 Å². The Labute approximate surface area is 177 Å². The van der Waals surface area contributed by atoms with E-state index in [0.29, 0.717) is 11.7 Å². The topological polar surface area (TPSA) is 71.0 Å². The summed E-state index contributed by atoms with van der Waals surface area (Å²) in [6.07, 6.45) is 2.58. The second kappa shape index (κ2) is 10.8.